The molecule has 0 saturated carbocycles. The average Bonchev–Trinajstić information content (AvgIpc) is 3.30. The quantitative estimate of drug-likeness (QED) is 0.624. The molecule has 1 fully saturated rings. The number of benzene rings is 2. The molecule has 0 aromatic heterocycles. The molecule has 2 aromatic carbocycles. The first-order valence-corrected chi connectivity index (χ1v) is 11.2. The number of hydrogen-bond acceptors (Lipinski definition) is 6. The van der Waals surface area contributed by atoms with E-state index in [1.807, 2.05) is 53.4 Å². The fraction of sp³-hybridized carbons (Fsp3) is 0.400. The Bertz CT molecular complexity index is 940. The van der Waals surface area contributed by atoms with E-state index in [2.05, 4.69) is 17.2 Å². The molecular formula is C25H29N3O4. The maximum Gasteiger partial charge on any atom is 0.354 e. The van der Waals surface area contributed by atoms with Crippen LogP contribution in [-0.2, 0) is 25.7 Å². The summed E-state index contributed by atoms with van der Waals surface area (Å²) in [4.78, 5) is 27.6. The van der Waals surface area contributed by atoms with Crippen LogP contribution in [-0.4, -0.2) is 54.3 Å². The summed E-state index contributed by atoms with van der Waals surface area (Å²) >= 11 is 0. The van der Waals surface area contributed by atoms with Gasteiger partial charge < -0.3 is 14.4 Å². The van der Waals surface area contributed by atoms with E-state index in [-0.39, 0.29) is 30.8 Å². The van der Waals surface area contributed by atoms with Gasteiger partial charge in [0.25, 0.3) is 0 Å². The SMILES string of the molecule is CCOC(=O)C1=NN(c2ccccc2)[C@@H](C(=O)N2CCC(OCc3ccccc3)CC2)C1. The van der Waals surface area contributed by atoms with Gasteiger partial charge in [-0.1, -0.05) is 48.5 Å². The summed E-state index contributed by atoms with van der Waals surface area (Å²) in [7, 11) is 0. The minimum atomic E-state index is -0.543. The number of nitrogens with zero attached hydrogens (tertiary/aromatic N) is 3. The van der Waals surface area contributed by atoms with Crippen molar-refractivity contribution >= 4 is 23.3 Å². The summed E-state index contributed by atoms with van der Waals surface area (Å²) in [5, 5.41) is 6.11. The van der Waals surface area contributed by atoms with Crippen LogP contribution in [0.2, 0.25) is 0 Å². The monoisotopic (exact) mass is 435 g/mol. The lowest BCUT2D eigenvalue weighted by molar-refractivity contribution is -0.135. The summed E-state index contributed by atoms with van der Waals surface area (Å²) in [6, 6.07) is 19.0. The second-order valence-corrected chi connectivity index (χ2v) is 7.99. The Balaban J connectivity index is 1.38. The van der Waals surface area contributed by atoms with Gasteiger partial charge in [-0.25, -0.2) is 4.79 Å². The Morgan fingerprint density at radius 3 is 2.31 bits per heavy atom. The van der Waals surface area contributed by atoms with Crippen molar-refractivity contribution < 1.29 is 19.1 Å². The molecule has 2 heterocycles. The van der Waals surface area contributed by atoms with Crippen LogP contribution in [0.1, 0.15) is 31.7 Å². The van der Waals surface area contributed by atoms with Crippen molar-refractivity contribution in [1.82, 2.24) is 4.90 Å². The molecule has 7 heteroatoms. The Labute approximate surface area is 188 Å². The molecule has 0 spiro atoms. The molecule has 168 valence electrons. The predicted octanol–water partition coefficient (Wildman–Crippen LogP) is 3.39. The Morgan fingerprint density at radius 1 is 1.00 bits per heavy atom. The van der Waals surface area contributed by atoms with E-state index in [1.54, 1.807) is 11.9 Å². The fourth-order valence-electron chi connectivity index (χ4n) is 4.10. The number of ether oxygens (including phenoxy) is 2. The van der Waals surface area contributed by atoms with Crippen LogP contribution < -0.4 is 5.01 Å². The lowest BCUT2D eigenvalue weighted by atomic mass is 10.0. The van der Waals surface area contributed by atoms with Gasteiger partial charge in [0.05, 0.1) is 25.0 Å². The van der Waals surface area contributed by atoms with Gasteiger partial charge >= 0.3 is 5.97 Å². The van der Waals surface area contributed by atoms with E-state index in [0.717, 1.165) is 24.1 Å². The summed E-state index contributed by atoms with van der Waals surface area (Å²) in [6.07, 6.45) is 1.97. The highest BCUT2D eigenvalue weighted by molar-refractivity contribution is 6.38. The second kappa shape index (κ2) is 10.4. The third-order valence-corrected chi connectivity index (χ3v) is 5.81. The largest absolute Gasteiger partial charge is 0.461 e. The van der Waals surface area contributed by atoms with E-state index in [9.17, 15) is 9.59 Å². The average molecular weight is 436 g/mol. The van der Waals surface area contributed by atoms with E-state index < -0.39 is 12.0 Å². The van der Waals surface area contributed by atoms with Crippen LogP contribution in [0.25, 0.3) is 0 Å². The lowest BCUT2D eigenvalue weighted by Gasteiger charge is -2.35. The zero-order valence-corrected chi connectivity index (χ0v) is 18.4. The Hall–Kier alpha value is -3.19. The Morgan fingerprint density at radius 2 is 1.66 bits per heavy atom. The van der Waals surface area contributed by atoms with Crippen LogP contribution in [0.5, 0.6) is 0 Å². The molecule has 0 radical (unpaired) electrons. The van der Waals surface area contributed by atoms with Gasteiger partial charge in [-0.05, 0) is 37.5 Å². The van der Waals surface area contributed by atoms with Gasteiger partial charge in [0.1, 0.15) is 11.8 Å². The third-order valence-electron chi connectivity index (χ3n) is 5.81. The molecular weight excluding hydrogens is 406 g/mol. The van der Waals surface area contributed by atoms with E-state index >= 15 is 0 Å². The number of hydrazone groups is 1. The van der Waals surface area contributed by atoms with Crippen LogP contribution >= 0.6 is 0 Å². The van der Waals surface area contributed by atoms with Crippen molar-refractivity contribution in [3.8, 4) is 0 Å². The zero-order valence-electron chi connectivity index (χ0n) is 18.4. The first-order chi connectivity index (χ1) is 15.7. The molecule has 0 unspecified atom stereocenters. The molecule has 1 atom stereocenters. The number of anilines is 1. The molecule has 0 N–H and O–H groups in total. The predicted molar refractivity (Wildman–Crippen MR) is 122 cm³/mol. The first kappa shape index (κ1) is 22.0. The van der Waals surface area contributed by atoms with Crippen LogP contribution in [0.15, 0.2) is 65.8 Å². The molecule has 2 aliphatic heterocycles. The topological polar surface area (TPSA) is 71.4 Å². The maximum absolute atomic E-state index is 13.4. The summed E-state index contributed by atoms with van der Waals surface area (Å²) in [5.41, 5.74) is 2.22. The molecule has 1 amide bonds. The molecule has 0 aliphatic carbocycles. The van der Waals surface area contributed by atoms with Gasteiger partial charge in [0.15, 0.2) is 0 Å². The van der Waals surface area contributed by atoms with Gasteiger partial charge in [0.2, 0.25) is 5.91 Å². The molecule has 2 aliphatic rings. The van der Waals surface area contributed by atoms with E-state index in [1.165, 1.54) is 0 Å². The number of piperidine rings is 1. The number of likely N-dealkylation sites (tertiary alicyclic amines) is 1. The standard InChI is InChI=1S/C25H29N3O4/c1-2-31-25(30)22-17-23(28(26-22)20-11-7-4-8-12-20)24(29)27-15-13-21(14-16-27)32-18-19-9-5-3-6-10-19/h3-12,21,23H,2,13-18H2,1H3/t23-/m1/s1. The van der Waals surface area contributed by atoms with Crippen molar-refractivity contribution in [1.29, 1.82) is 0 Å². The molecule has 4 rings (SSSR count). The van der Waals surface area contributed by atoms with Crippen molar-refractivity contribution in [2.75, 3.05) is 24.7 Å². The normalized spacial score (nSPS) is 19.0. The molecule has 7 nitrogen and oxygen atoms in total. The number of carbonyl (C=O) groups is 2. The third kappa shape index (κ3) is 5.16. The van der Waals surface area contributed by atoms with Crippen LogP contribution in [0.3, 0.4) is 0 Å². The molecule has 32 heavy (non-hydrogen) atoms. The van der Waals surface area contributed by atoms with E-state index in [0.29, 0.717) is 19.7 Å². The van der Waals surface area contributed by atoms with E-state index in [4.69, 9.17) is 9.47 Å². The number of esters is 1. The van der Waals surface area contributed by atoms with Gasteiger partial charge in [0, 0.05) is 19.5 Å². The van der Waals surface area contributed by atoms with Crippen molar-refractivity contribution in [2.24, 2.45) is 5.10 Å². The number of amides is 1. The maximum atomic E-state index is 13.4. The van der Waals surface area contributed by atoms with Crippen LogP contribution in [0, 0.1) is 0 Å². The van der Waals surface area contributed by atoms with Gasteiger partial charge in [-0.3, -0.25) is 9.80 Å². The molecule has 0 bridgehead atoms. The summed E-state index contributed by atoms with van der Waals surface area (Å²) in [5.74, 6) is -0.477. The summed E-state index contributed by atoms with van der Waals surface area (Å²) in [6.45, 7) is 3.88. The lowest BCUT2D eigenvalue weighted by Crippen LogP contribution is -2.49. The highest BCUT2D eigenvalue weighted by Gasteiger charge is 2.39. The minimum Gasteiger partial charge on any atom is -0.461 e. The zero-order chi connectivity index (χ0) is 22.3. The van der Waals surface area contributed by atoms with Crippen molar-refractivity contribution in [3.05, 3.63) is 66.2 Å². The van der Waals surface area contributed by atoms with Crippen LogP contribution in [0.4, 0.5) is 5.69 Å². The molecule has 2 aromatic rings. The number of para-hydroxylation sites is 1. The van der Waals surface area contributed by atoms with Crippen molar-refractivity contribution in [3.63, 3.8) is 0 Å². The van der Waals surface area contributed by atoms with Gasteiger partial charge in [-0.2, -0.15) is 5.10 Å². The Kier molecular flexibility index (Phi) is 7.17. The van der Waals surface area contributed by atoms with Gasteiger partial charge in [-0.15, -0.1) is 0 Å². The minimum absolute atomic E-state index is 0.0154. The number of carbonyl (C=O) groups excluding carboxylic acids is 2. The highest BCUT2D eigenvalue weighted by atomic mass is 16.5. The fourth-order valence-corrected chi connectivity index (χ4v) is 4.10. The number of rotatable bonds is 7. The second-order valence-electron chi connectivity index (χ2n) is 7.99. The van der Waals surface area contributed by atoms with Crippen molar-refractivity contribution in [2.45, 2.75) is 44.9 Å². The first-order valence-electron chi connectivity index (χ1n) is 11.2. The molecule has 1 saturated heterocycles. The smallest absolute Gasteiger partial charge is 0.354 e. The highest BCUT2D eigenvalue weighted by Crippen LogP contribution is 2.27. The summed E-state index contributed by atoms with van der Waals surface area (Å²) < 4.78 is 11.2. The number of hydrogen-bond donors (Lipinski definition) is 0.